The van der Waals surface area contributed by atoms with Gasteiger partial charge in [0, 0.05) is 35.0 Å². The molecule has 0 spiro atoms. The van der Waals surface area contributed by atoms with Crippen molar-refractivity contribution < 1.29 is 14.9 Å². The maximum Gasteiger partial charge on any atom is 0.165 e. The Hall–Kier alpha value is -1.56. The van der Waals surface area contributed by atoms with Crippen LogP contribution in [0.25, 0.3) is 10.4 Å². The Balaban J connectivity index is 1.95. The van der Waals surface area contributed by atoms with Gasteiger partial charge in [0.2, 0.25) is 0 Å². The normalized spacial score (nSPS) is 16.7. The highest BCUT2D eigenvalue weighted by atomic mass is 32.1. The van der Waals surface area contributed by atoms with Crippen LogP contribution in [0.15, 0.2) is 24.3 Å². The van der Waals surface area contributed by atoms with Crippen LogP contribution in [0, 0.1) is 6.92 Å². The summed E-state index contributed by atoms with van der Waals surface area (Å²) < 4.78 is 5.72. The lowest BCUT2D eigenvalue weighted by Crippen LogP contribution is -2.32. The molecule has 2 N–H and O–H groups in total. The summed E-state index contributed by atoms with van der Waals surface area (Å²) in [7, 11) is 0. The summed E-state index contributed by atoms with van der Waals surface area (Å²) in [6.45, 7) is 6.40. The van der Waals surface area contributed by atoms with Crippen molar-refractivity contribution >= 4 is 11.3 Å². The van der Waals surface area contributed by atoms with E-state index in [1.54, 1.807) is 24.3 Å². The van der Waals surface area contributed by atoms with Crippen molar-refractivity contribution in [2.45, 2.75) is 26.5 Å². The van der Waals surface area contributed by atoms with Crippen molar-refractivity contribution in [1.29, 1.82) is 0 Å². The second-order valence-corrected chi connectivity index (χ2v) is 7.11. The molecule has 2 aromatic rings. The number of β-amino-alcohol motifs (C(OH)–C–C–N with tert-alkyl or cyclic N) is 1. The van der Waals surface area contributed by atoms with Crippen LogP contribution in [0.2, 0.25) is 0 Å². The number of hydrogen-bond acceptors (Lipinski definition) is 5. The molecule has 0 saturated heterocycles. The minimum Gasteiger partial charge on any atom is -0.504 e. The molecule has 1 aliphatic rings. The molecule has 0 saturated carbocycles. The van der Waals surface area contributed by atoms with Crippen LogP contribution in [-0.4, -0.2) is 40.9 Å². The number of benzene rings is 1. The average Bonchev–Trinajstić information content (AvgIpc) is 2.76. The maximum atomic E-state index is 10.3. The van der Waals surface area contributed by atoms with Gasteiger partial charge in [0.1, 0.15) is 6.61 Å². The molecule has 0 bridgehead atoms. The molecule has 5 heteroatoms. The summed E-state index contributed by atoms with van der Waals surface area (Å²) in [4.78, 5) is 4.54. The molecule has 1 atom stereocenters. The van der Waals surface area contributed by atoms with E-state index in [-0.39, 0.29) is 11.9 Å². The van der Waals surface area contributed by atoms with E-state index in [0.717, 1.165) is 22.5 Å². The first-order chi connectivity index (χ1) is 10.5. The minimum atomic E-state index is -0.377. The summed E-state index contributed by atoms with van der Waals surface area (Å²) in [5, 5.41) is 19.9. The number of phenolic OH excluding ortho intramolecular Hbond substituents is 1. The Morgan fingerprint density at radius 1 is 1.36 bits per heavy atom. The molecule has 118 valence electrons. The van der Waals surface area contributed by atoms with Gasteiger partial charge in [-0.25, -0.2) is 0 Å². The lowest BCUT2D eigenvalue weighted by Gasteiger charge is -2.20. The molecule has 3 rings (SSSR count). The maximum absolute atomic E-state index is 10.3. The minimum absolute atomic E-state index is 0.192. The van der Waals surface area contributed by atoms with Gasteiger partial charge in [-0.2, -0.15) is 0 Å². The van der Waals surface area contributed by atoms with E-state index in [9.17, 15) is 10.2 Å². The van der Waals surface area contributed by atoms with Crippen LogP contribution >= 0.6 is 11.3 Å². The van der Waals surface area contributed by atoms with E-state index in [4.69, 9.17) is 4.74 Å². The molecule has 4 nitrogen and oxygen atoms in total. The number of phenols is 1. The Morgan fingerprint density at radius 2 is 2.18 bits per heavy atom. The molecular formula is C17H21NO3S. The highest BCUT2D eigenvalue weighted by molar-refractivity contribution is 7.15. The SMILES string of the molecule is Cc1ccc(-c2cc(O)c3c(c2)CN(CC(C)O)CCO3)s1. The van der Waals surface area contributed by atoms with Crippen LogP contribution in [0.5, 0.6) is 11.5 Å². The zero-order valence-corrected chi connectivity index (χ0v) is 13.7. The van der Waals surface area contributed by atoms with Crippen molar-refractivity contribution in [2.24, 2.45) is 0 Å². The van der Waals surface area contributed by atoms with Crippen molar-refractivity contribution in [1.82, 2.24) is 4.90 Å². The fraction of sp³-hybridized carbons (Fsp3) is 0.412. The molecule has 1 unspecified atom stereocenters. The Morgan fingerprint density at radius 3 is 2.86 bits per heavy atom. The predicted molar refractivity (Wildman–Crippen MR) is 88.6 cm³/mol. The number of ether oxygens (including phenoxy) is 1. The second kappa shape index (κ2) is 6.28. The molecule has 0 amide bonds. The Labute approximate surface area is 134 Å². The number of aliphatic hydroxyl groups excluding tert-OH is 1. The molecule has 22 heavy (non-hydrogen) atoms. The van der Waals surface area contributed by atoms with Crippen LogP contribution < -0.4 is 4.74 Å². The molecule has 0 radical (unpaired) electrons. The molecular weight excluding hydrogens is 298 g/mol. The zero-order chi connectivity index (χ0) is 15.7. The lowest BCUT2D eigenvalue weighted by molar-refractivity contribution is 0.117. The number of hydrogen-bond donors (Lipinski definition) is 2. The number of thiophene rings is 1. The first-order valence-electron chi connectivity index (χ1n) is 7.49. The number of fused-ring (bicyclic) bond motifs is 1. The third-order valence-electron chi connectivity index (χ3n) is 3.74. The summed E-state index contributed by atoms with van der Waals surface area (Å²) in [6.07, 6.45) is -0.377. The van der Waals surface area contributed by atoms with Crippen LogP contribution in [0.1, 0.15) is 17.4 Å². The van der Waals surface area contributed by atoms with Crippen LogP contribution in [-0.2, 0) is 6.54 Å². The van der Waals surface area contributed by atoms with Crippen LogP contribution in [0.4, 0.5) is 0 Å². The van der Waals surface area contributed by atoms with Gasteiger partial charge >= 0.3 is 0 Å². The van der Waals surface area contributed by atoms with E-state index in [2.05, 4.69) is 30.0 Å². The monoisotopic (exact) mass is 319 g/mol. The number of aromatic hydroxyl groups is 1. The van der Waals surface area contributed by atoms with Crippen molar-refractivity contribution in [3.05, 3.63) is 34.7 Å². The van der Waals surface area contributed by atoms with Crippen LogP contribution in [0.3, 0.4) is 0 Å². The molecule has 0 aliphatic carbocycles. The van der Waals surface area contributed by atoms with Gasteiger partial charge in [-0.1, -0.05) is 0 Å². The van der Waals surface area contributed by atoms with Crippen molar-refractivity contribution in [3.8, 4) is 21.9 Å². The summed E-state index contributed by atoms with van der Waals surface area (Å²) >= 11 is 1.71. The third-order valence-corrected chi connectivity index (χ3v) is 4.79. The predicted octanol–water partition coefficient (Wildman–Crippen LogP) is 3.00. The highest BCUT2D eigenvalue weighted by Crippen LogP contribution is 2.39. The van der Waals surface area contributed by atoms with Gasteiger partial charge < -0.3 is 14.9 Å². The summed E-state index contributed by atoms with van der Waals surface area (Å²) in [5.74, 6) is 0.766. The molecule has 1 aromatic carbocycles. The molecule has 0 fully saturated rings. The van der Waals surface area contributed by atoms with Gasteiger partial charge in [0.05, 0.1) is 6.10 Å². The first kappa shape index (κ1) is 15.3. The molecule has 1 aliphatic heterocycles. The lowest BCUT2D eigenvalue weighted by atomic mass is 10.1. The van der Waals surface area contributed by atoms with E-state index < -0.39 is 0 Å². The molecule has 2 heterocycles. The second-order valence-electron chi connectivity index (χ2n) is 5.83. The molecule has 1 aromatic heterocycles. The largest absolute Gasteiger partial charge is 0.504 e. The van der Waals surface area contributed by atoms with Gasteiger partial charge in [-0.3, -0.25) is 4.90 Å². The Bertz CT molecular complexity index is 666. The fourth-order valence-corrected chi connectivity index (χ4v) is 3.67. The van der Waals surface area contributed by atoms with Crippen molar-refractivity contribution in [3.63, 3.8) is 0 Å². The number of rotatable bonds is 3. The van der Waals surface area contributed by atoms with E-state index >= 15 is 0 Å². The summed E-state index contributed by atoms with van der Waals surface area (Å²) in [5.41, 5.74) is 1.98. The van der Waals surface area contributed by atoms with Gasteiger partial charge in [-0.15, -0.1) is 11.3 Å². The third kappa shape index (κ3) is 3.27. The van der Waals surface area contributed by atoms with Gasteiger partial charge in [0.15, 0.2) is 11.5 Å². The van der Waals surface area contributed by atoms with E-state index in [0.29, 0.717) is 25.4 Å². The standard InChI is InChI=1S/C17H21NO3S/c1-11(19)9-18-5-6-21-17-14(10-18)7-13(8-15(17)20)16-4-3-12(2)22-16/h3-4,7-8,11,19-20H,5-6,9-10H2,1-2H3. The topological polar surface area (TPSA) is 52.9 Å². The number of aryl methyl sites for hydroxylation is 1. The quantitative estimate of drug-likeness (QED) is 0.913. The van der Waals surface area contributed by atoms with E-state index in [1.165, 1.54) is 4.88 Å². The van der Waals surface area contributed by atoms with E-state index in [1.807, 2.05) is 0 Å². The number of aliphatic hydroxyl groups is 1. The van der Waals surface area contributed by atoms with Gasteiger partial charge in [-0.05, 0) is 43.7 Å². The average molecular weight is 319 g/mol. The van der Waals surface area contributed by atoms with Gasteiger partial charge in [0.25, 0.3) is 0 Å². The Kier molecular flexibility index (Phi) is 4.38. The smallest absolute Gasteiger partial charge is 0.165 e. The van der Waals surface area contributed by atoms with Crippen molar-refractivity contribution in [2.75, 3.05) is 19.7 Å². The number of nitrogens with zero attached hydrogens (tertiary/aromatic N) is 1. The zero-order valence-electron chi connectivity index (χ0n) is 12.9. The highest BCUT2D eigenvalue weighted by Gasteiger charge is 2.20. The first-order valence-corrected chi connectivity index (χ1v) is 8.30. The summed E-state index contributed by atoms with van der Waals surface area (Å²) in [6, 6.07) is 8.01. The fourth-order valence-electron chi connectivity index (χ4n) is 2.81.